The fraction of sp³-hybridized carbons (Fsp3) is 0.900. The van der Waals surface area contributed by atoms with Gasteiger partial charge >= 0.3 is 0 Å². The van der Waals surface area contributed by atoms with Crippen LogP contribution in [0.25, 0.3) is 0 Å². The highest BCUT2D eigenvalue weighted by molar-refractivity contribution is 4.93. The van der Waals surface area contributed by atoms with Gasteiger partial charge in [0.2, 0.25) is 0 Å². The average Bonchev–Trinajstić information content (AvgIpc) is 2.05. The fourth-order valence-electron chi connectivity index (χ4n) is 1.78. The Morgan fingerprint density at radius 1 is 1.46 bits per heavy atom. The summed E-state index contributed by atoms with van der Waals surface area (Å²) in [6, 6.07) is 2.60. The fourth-order valence-corrected chi connectivity index (χ4v) is 1.78. The average molecular weight is 182 g/mol. The van der Waals surface area contributed by atoms with Crippen LogP contribution in [-0.2, 0) is 0 Å². The number of hydrogen-bond donors (Lipinski definition) is 1. The molecule has 1 fully saturated rings. The summed E-state index contributed by atoms with van der Waals surface area (Å²) in [5.41, 5.74) is -0.708. The summed E-state index contributed by atoms with van der Waals surface area (Å²) < 4.78 is 0. The quantitative estimate of drug-likeness (QED) is 0.696. The Kier molecular flexibility index (Phi) is 3.29. The van der Waals surface area contributed by atoms with E-state index in [2.05, 4.69) is 24.8 Å². The van der Waals surface area contributed by atoms with Gasteiger partial charge in [-0.2, -0.15) is 5.26 Å². The molecule has 0 saturated carbocycles. The summed E-state index contributed by atoms with van der Waals surface area (Å²) in [4.78, 5) is 2.34. The van der Waals surface area contributed by atoms with Gasteiger partial charge in [-0.25, -0.2) is 0 Å². The topological polar surface area (TPSA) is 47.3 Å². The van der Waals surface area contributed by atoms with Gasteiger partial charge in [0, 0.05) is 19.1 Å². The van der Waals surface area contributed by atoms with Gasteiger partial charge in [-0.15, -0.1) is 0 Å². The van der Waals surface area contributed by atoms with Gasteiger partial charge in [-0.05, 0) is 26.7 Å². The van der Waals surface area contributed by atoms with Gasteiger partial charge in [0.15, 0.2) is 0 Å². The van der Waals surface area contributed by atoms with E-state index in [0.717, 1.165) is 25.9 Å². The zero-order valence-electron chi connectivity index (χ0n) is 8.45. The molecule has 13 heavy (non-hydrogen) atoms. The Balaban J connectivity index is 2.43. The Bertz CT molecular complexity index is 199. The van der Waals surface area contributed by atoms with E-state index in [0.29, 0.717) is 6.04 Å². The van der Waals surface area contributed by atoms with Crippen molar-refractivity contribution >= 4 is 0 Å². The molecule has 1 rings (SSSR count). The molecule has 74 valence electrons. The second-order valence-corrected chi connectivity index (χ2v) is 4.19. The number of nitriles is 1. The normalized spacial score (nSPS) is 23.0. The molecular formula is C10H18N2O. The first-order valence-corrected chi connectivity index (χ1v) is 4.91. The van der Waals surface area contributed by atoms with Crippen molar-refractivity contribution in [3.8, 4) is 6.07 Å². The second-order valence-electron chi connectivity index (χ2n) is 4.19. The van der Waals surface area contributed by atoms with Crippen molar-refractivity contribution in [1.82, 2.24) is 4.90 Å². The number of aliphatic hydroxyl groups is 1. The van der Waals surface area contributed by atoms with E-state index in [4.69, 9.17) is 5.26 Å². The number of rotatable bonds is 2. The van der Waals surface area contributed by atoms with Gasteiger partial charge < -0.3 is 10.0 Å². The lowest BCUT2D eigenvalue weighted by molar-refractivity contribution is -0.0238. The third kappa shape index (κ3) is 2.68. The van der Waals surface area contributed by atoms with Crippen molar-refractivity contribution in [2.24, 2.45) is 0 Å². The van der Waals surface area contributed by atoms with Crippen LogP contribution < -0.4 is 0 Å². The molecule has 1 N–H and O–H groups in total. The lowest BCUT2D eigenvalue weighted by Gasteiger charge is -2.38. The number of hydrogen-bond acceptors (Lipinski definition) is 3. The highest BCUT2D eigenvalue weighted by atomic mass is 16.3. The minimum Gasteiger partial charge on any atom is -0.389 e. The van der Waals surface area contributed by atoms with E-state index in [1.54, 1.807) is 0 Å². The van der Waals surface area contributed by atoms with Gasteiger partial charge in [-0.3, -0.25) is 0 Å². The monoisotopic (exact) mass is 182 g/mol. The number of piperidine rings is 1. The Morgan fingerprint density at radius 3 is 2.38 bits per heavy atom. The van der Waals surface area contributed by atoms with E-state index in [1.807, 2.05) is 0 Å². The Labute approximate surface area is 80.0 Å². The molecule has 0 bridgehead atoms. The summed E-state index contributed by atoms with van der Waals surface area (Å²) >= 11 is 0. The second kappa shape index (κ2) is 4.08. The molecule has 0 aromatic rings. The molecule has 0 unspecified atom stereocenters. The zero-order chi connectivity index (χ0) is 9.90. The van der Waals surface area contributed by atoms with Gasteiger partial charge in [-0.1, -0.05) is 0 Å². The van der Waals surface area contributed by atoms with Crippen LogP contribution in [0.5, 0.6) is 0 Å². The summed E-state index contributed by atoms with van der Waals surface area (Å²) in [6.07, 6.45) is 1.75. The van der Waals surface area contributed by atoms with Crippen molar-refractivity contribution in [2.75, 3.05) is 13.1 Å². The minimum absolute atomic E-state index is 0.277. The Hall–Kier alpha value is -0.590. The van der Waals surface area contributed by atoms with Crippen LogP contribution in [0.4, 0.5) is 0 Å². The molecule has 1 aliphatic heterocycles. The van der Waals surface area contributed by atoms with Crippen LogP contribution in [0.15, 0.2) is 0 Å². The number of nitrogens with zero attached hydrogens (tertiary/aromatic N) is 2. The maximum atomic E-state index is 9.92. The summed E-state index contributed by atoms with van der Waals surface area (Å²) in [5, 5.41) is 18.5. The van der Waals surface area contributed by atoms with Gasteiger partial charge in [0.25, 0.3) is 0 Å². The van der Waals surface area contributed by atoms with Crippen LogP contribution >= 0.6 is 0 Å². The standard InChI is InChI=1S/C10H18N2O/c1-9(2)12-7-4-10(13,3-6-11)5-8-12/h9,13H,3-5,7-8H2,1-2H3. The molecule has 0 atom stereocenters. The lowest BCUT2D eigenvalue weighted by Crippen LogP contribution is -2.46. The van der Waals surface area contributed by atoms with Crippen molar-refractivity contribution in [3.63, 3.8) is 0 Å². The molecular weight excluding hydrogens is 164 g/mol. The summed E-state index contributed by atoms with van der Waals surface area (Å²) in [5.74, 6) is 0. The van der Waals surface area contributed by atoms with E-state index < -0.39 is 5.60 Å². The van der Waals surface area contributed by atoms with Crippen molar-refractivity contribution < 1.29 is 5.11 Å². The molecule has 1 saturated heterocycles. The number of likely N-dealkylation sites (tertiary alicyclic amines) is 1. The summed E-state index contributed by atoms with van der Waals surface area (Å²) in [7, 11) is 0. The van der Waals surface area contributed by atoms with E-state index in [1.165, 1.54) is 0 Å². The highest BCUT2D eigenvalue weighted by Crippen LogP contribution is 2.25. The van der Waals surface area contributed by atoms with Gasteiger partial charge in [0.05, 0.1) is 18.1 Å². The van der Waals surface area contributed by atoms with E-state index in [9.17, 15) is 5.11 Å². The van der Waals surface area contributed by atoms with E-state index in [-0.39, 0.29) is 6.42 Å². The first-order valence-electron chi connectivity index (χ1n) is 4.91. The zero-order valence-corrected chi connectivity index (χ0v) is 8.45. The predicted octanol–water partition coefficient (Wildman–Crippen LogP) is 1.14. The first-order chi connectivity index (χ1) is 6.07. The molecule has 0 spiro atoms. The van der Waals surface area contributed by atoms with Crippen molar-refractivity contribution in [2.45, 2.75) is 44.8 Å². The molecule has 0 aromatic heterocycles. The van der Waals surface area contributed by atoms with Crippen LogP contribution in [0.3, 0.4) is 0 Å². The van der Waals surface area contributed by atoms with Gasteiger partial charge in [0.1, 0.15) is 0 Å². The molecule has 0 aliphatic carbocycles. The van der Waals surface area contributed by atoms with Crippen molar-refractivity contribution in [1.29, 1.82) is 5.26 Å². The van der Waals surface area contributed by atoms with Crippen LogP contribution in [-0.4, -0.2) is 34.7 Å². The third-order valence-electron chi connectivity index (χ3n) is 2.87. The largest absolute Gasteiger partial charge is 0.389 e. The van der Waals surface area contributed by atoms with Crippen LogP contribution in [0.2, 0.25) is 0 Å². The first kappa shape index (κ1) is 10.5. The maximum Gasteiger partial charge on any atom is 0.0801 e. The molecule has 0 amide bonds. The van der Waals surface area contributed by atoms with E-state index >= 15 is 0 Å². The molecule has 0 aromatic carbocycles. The smallest absolute Gasteiger partial charge is 0.0801 e. The predicted molar refractivity (Wildman–Crippen MR) is 51.1 cm³/mol. The molecule has 1 aliphatic rings. The molecule has 3 heteroatoms. The maximum absolute atomic E-state index is 9.92. The van der Waals surface area contributed by atoms with Crippen LogP contribution in [0.1, 0.15) is 33.1 Å². The summed E-state index contributed by atoms with van der Waals surface area (Å²) in [6.45, 7) is 6.15. The van der Waals surface area contributed by atoms with Crippen LogP contribution in [0, 0.1) is 11.3 Å². The lowest BCUT2D eigenvalue weighted by atomic mass is 9.88. The molecule has 3 nitrogen and oxygen atoms in total. The molecule has 1 heterocycles. The van der Waals surface area contributed by atoms with Crippen molar-refractivity contribution in [3.05, 3.63) is 0 Å². The SMILES string of the molecule is CC(C)N1CCC(O)(CC#N)CC1. The highest BCUT2D eigenvalue weighted by Gasteiger charge is 2.32. The minimum atomic E-state index is -0.708. The Morgan fingerprint density at radius 2 is 2.00 bits per heavy atom. The third-order valence-corrected chi connectivity index (χ3v) is 2.87. The molecule has 0 radical (unpaired) electrons.